The van der Waals surface area contributed by atoms with Crippen LogP contribution >= 0.6 is 0 Å². The van der Waals surface area contributed by atoms with Gasteiger partial charge in [-0.25, -0.2) is 0 Å². The van der Waals surface area contributed by atoms with Crippen LogP contribution in [0.5, 0.6) is 0 Å². The highest BCUT2D eigenvalue weighted by molar-refractivity contribution is 6.51. The highest BCUT2D eigenvalue weighted by atomic mass is 16.7. The predicted molar refractivity (Wildman–Crippen MR) is 63.8 cm³/mol. The third-order valence-electron chi connectivity index (χ3n) is 3.04. The van der Waals surface area contributed by atoms with E-state index in [1.807, 2.05) is 20.1 Å². The molecule has 1 heterocycles. The van der Waals surface area contributed by atoms with Crippen LogP contribution in [0, 0.1) is 0 Å². The van der Waals surface area contributed by atoms with Crippen molar-refractivity contribution in [1.29, 1.82) is 0 Å². The first-order chi connectivity index (χ1) is 6.74. The van der Waals surface area contributed by atoms with E-state index in [1.54, 1.807) is 0 Å². The molecule has 0 spiro atoms. The van der Waals surface area contributed by atoms with E-state index in [1.165, 1.54) is 0 Å². The van der Waals surface area contributed by atoms with Gasteiger partial charge in [0.25, 0.3) is 0 Å². The van der Waals surface area contributed by atoms with Crippen LogP contribution in [0.3, 0.4) is 0 Å². The Morgan fingerprint density at radius 3 is 1.93 bits per heavy atom. The van der Waals surface area contributed by atoms with Gasteiger partial charge in [0.1, 0.15) is 0 Å². The molecular formula is C11H22BNO2. The summed E-state index contributed by atoms with van der Waals surface area (Å²) < 4.78 is 11.6. The Balaban J connectivity index is 2.52. The molecule has 1 saturated heterocycles. The number of hydrogen-bond acceptors (Lipinski definition) is 3. The van der Waals surface area contributed by atoms with Crippen molar-refractivity contribution in [3.63, 3.8) is 0 Å². The lowest BCUT2D eigenvalue weighted by Gasteiger charge is -2.32. The van der Waals surface area contributed by atoms with Crippen molar-refractivity contribution in [1.82, 2.24) is 4.90 Å². The molecule has 0 N–H and O–H groups in total. The molecule has 0 aliphatic carbocycles. The van der Waals surface area contributed by atoms with Crippen LogP contribution in [-0.2, 0) is 9.31 Å². The van der Waals surface area contributed by atoms with Crippen LogP contribution in [0.25, 0.3) is 0 Å². The number of likely N-dealkylation sites (N-methyl/N-ethyl adjacent to an activating group) is 1. The molecule has 0 radical (unpaired) electrons. The second-order valence-electron chi connectivity index (χ2n) is 5.32. The van der Waals surface area contributed by atoms with Crippen molar-refractivity contribution in [2.24, 2.45) is 0 Å². The van der Waals surface area contributed by atoms with Gasteiger partial charge in [-0.05, 0) is 41.8 Å². The molecule has 0 amide bonds. The summed E-state index contributed by atoms with van der Waals surface area (Å²) in [4.78, 5) is 2.10. The van der Waals surface area contributed by atoms with Crippen LogP contribution in [0.4, 0.5) is 0 Å². The molecule has 3 nitrogen and oxygen atoms in total. The monoisotopic (exact) mass is 211 g/mol. The molecule has 0 saturated carbocycles. The van der Waals surface area contributed by atoms with Gasteiger partial charge >= 0.3 is 7.12 Å². The van der Waals surface area contributed by atoms with Gasteiger partial charge in [0, 0.05) is 6.54 Å². The zero-order valence-corrected chi connectivity index (χ0v) is 10.7. The van der Waals surface area contributed by atoms with E-state index in [-0.39, 0.29) is 18.3 Å². The third-order valence-corrected chi connectivity index (χ3v) is 3.04. The van der Waals surface area contributed by atoms with E-state index in [4.69, 9.17) is 9.31 Å². The van der Waals surface area contributed by atoms with Crippen LogP contribution in [0.2, 0.25) is 0 Å². The first kappa shape index (κ1) is 12.8. The minimum atomic E-state index is -0.236. The van der Waals surface area contributed by atoms with Gasteiger partial charge in [0.05, 0.1) is 11.2 Å². The van der Waals surface area contributed by atoms with Crippen LogP contribution in [-0.4, -0.2) is 43.9 Å². The maximum Gasteiger partial charge on any atom is 0.486 e. The van der Waals surface area contributed by atoms with E-state index in [2.05, 4.69) is 38.7 Å². The lowest BCUT2D eigenvalue weighted by Crippen LogP contribution is -2.41. The average molecular weight is 211 g/mol. The van der Waals surface area contributed by atoms with E-state index >= 15 is 0 Å². The molecule has 0 bridgehead atoms. The Morgan fingerprint density at radius 2 is 1.53 bits per heavy atom. The second-order valence-corrected chi connectivity index (χ2v) is 5.32. The van der Waals surface area contributed by atoms with Crippen molar-refractivity contribution in [3.8, 4) is 0 Å². The third kappa shape index (κ3) is 3.07. The lowest BCUT2D eigenvalue weighted by molar-refractivity contribution is 0.00578. The first-order valence-corrected chi connectivity index (χ1v) is 5.42. The molecule has 4 heteroatoms. The maximum atomic E-state index is 5.82. The first-order valence-electron chi connectivity index (χ1n) is 5.42. The summed E-state index contributed by atoms with van der Waals surface area (Å²) in [6.07, 6.45) is 2.07. The molecule has 1 rings (SSSR count). The molecule has 1 aliphatic rings. The highest BCUT2D eigenvalue weighted by Gasteiger charge is 2.49. The largest absolute Gasteiger partial charge is 0.486 e. The Labute approximate surface area is 93.6 Å². The van der Waals surface area contributed by atoms with Crippen LogP contribution in [0.1, 0.15) is 27.7 Å². The zero-order valence-electron chi connectivity index (χ0n) is 10.7. The fourth-order valence-electron chi connectivity index (χ4n) is 1.35. The SMILES string of the molecule is CN(C)C/C=C/B1OC(C)(C)C(C)(C)O1. The Morgan fingerprint density at radius 1 is 1.07 bits per heavy atom. The van der Waals surface area contributed by atoms with E-state index < -0.39 is 0 Å². The molecule has 1 fully saturated rings. The summed E-state index contributed by atoms with van der Waals surface area (Å²) in [6, 6.07) is 0. The van der Waals surface area contributed by atoms with Gasteiger partial charge in [-0.15, -0.1) is 0 Å². The summed E-state index contributed by atoms with van der Waals surface area (Å²) in [5.41, 5.74) is -0.472. The normalized spacial score (nSPS) is 24.3. The highest BCUT2D eigenvalue weighted by Crippen LogP contribution is 2.36. The Hall–Kier alpha value is -0.315. The molecule has 15 heavy (non-hydrogen) atoms. The van der Waals surface area contributed by atoms with Crippen LogP contribution < -0.4 is 0 Å². The van der Waals surface area contributed by atoms with E-state index in [9.17, 15) is 0 Å². The van der Waals surface area contributed by atoms with E-state index in [0.29, 0.717) is 0 Å². The summed E-state index contributed by atoms with van der Waals surface area (Å²) >= 11 is 0. The van der Waals surface area contributed by atoms with Crippen molar-refractivity contribution >= 4 is 7.12 Å². The fraction of sp³-hybridized carbons (Fsp3) is 0.818. The topological polar surface area (TPSA) is 21.7 Å². The molecular weight excluding hydrogens is 189 g/mol. The molecule has 0 aromatic carbocycles. The zero-order chi connectivity index (χ0) is 11.7. The van der Waals surface area contributed by atoms with Gasteiger partial charge in [0.2, 0.25) is 0 Å². The smallest absolute Gasteiger partial charge is 0.400 e. The molecule has 0 aromatic heterocycles. The molecule has 1 aliphatic heterocycles. The van der Waals surface area contributed by atoms with Gasteiger partial charge in [-0.2, -0.15) is 0 Å². The number of rotatable bonds is 3. The second kappa shape index (κ2) is 4.28. The van der Waals surface area contributed by atoms with Crippen molar-refractivity contribution in [2.75, 3.05) is 20.6 Å². The van der Waals surface area contributed by atoms with Gasteiger partial charge in [-0.3, -0.25) is 0 Å². The minimum Gasteiger partial charge on any atom is -0.400 e. The predicted octanol–water partition coefficient (Wildman–Crippen LogP) is 1.74. The standard InChI is InChI=1S/C11H22BNO2/c1-10(2)11(3,4)15-12(14-10)8-7-9-13(5)6/h7-8H,9H2,1-6H3/b8-7+. The van der Waals surface area contributed by atoms with Gasteiger partial charge < -0.3 is 14.2 Å². The van der Waals surface area contributed by atoms with E-state index in [0.717, 1.165) is 6.54 Å². The molecule has 0 aromatic rings. The number of nitrogens with zero attached hydrogens (tertiary/aromatic N) is 1. The Bertz CT molecular complexity index is 233. The van der Waals surface area contributed by atoms with Crippen LogP contribution in [0.15, 0.2) is 12.1 Å². The summed E-state index contributed by atoms with van der Waals surface area (Å²) in [7, 11) is 3.86. The average Bonchev–Trinajstić information content (AvgIpc) is 2.19. The summed E-state index contributed by atoms with van der Waals surface area (Å²) in [5, 5.41) is 0. The van der Waals surface area contributed by atoms with Crippen molar-refractivity contribution in [2.45, 2.75) is 38.9 Å². The molecule has 0 unspecified atom stereocenters. The quantitative estimate of drug-likeness (QED) is 0.663. The minimum absolute atomic E-state index is 0.213. The van der Waals surface area contributed by atoms with Crippen molar-refractivity contribution < 1.29 is 9.31 Å². The maximum absolute atomic E-state index is 5.82. The van der Waals surface area contributed by atoms with Gasteiger partial charge in [0.15, 0.2) is 0 Å². The van der Waals surface area contributed by atoms with Crippen molar-refractivity contribution in [3.05, 3.63) is 12.1 Å². The summed E-state index contributed by atoms with van der Waals surface area (Å²) in [6.45, 7) is 9.16. The Kier molecular flexibility index (Phi) is 3.64. The molecule has 0 atom stereocenters. The lowest BCUT2D eigenvalue weighted by atomic mass is 9.90. The summed E-state index contributed by atoms with van der Waals surface area (Å²) in [5.74, 6) is 1.98. The fourth-order valence-corrected chi connectivity index (χ4v) is 1.35. The number of hydrogen-bond donors (Lipinski definition) is 0. The molecule has 86 valence electrons. The van der Waals surface area contributed by atoms with Gasteiger partial charge in [-0.1, -0.05) is 12.1 Å².